The van der Waals surface area contributed by atoms with Gasteiger partial charge in [-0.05, 0) is 0 Å². The maximum Gasteiger partial charge on any atom is 0.341 e. The zero-order valence-electron chi connectivity index (χ0n) is 7.44. The number of carbonyl (C=O) groups excluding carboxylic acids is 1. The average Bonchev–Trinajstić information content (AvgIpc) is 2.48. The molecule has 0 amide bonds. The first kappa shape index (κ1) is 9.26. The minimum absolute atomic E-state index is 0.154. The predicted molar refractivity (Wildman–Crippen MR) is 43.9 cm³/mol. The second kappa shape index (κ2) is 3.72. The molecule has 0 N–H and O–H groups in total. The highest BCUT2D eigenvalue weighted by Crippen LogP contribution is 2.08. The summed E-state index contributed by atoms with van der Waals surface area (Å²) in [6, 6.07) is 1.96. The number of methoxy groups -OCH3 is 1. The minimum atomic E-state index is -0.460. The molecule has 1 heterocycles. The molecule has 0 aromatic carbocycles. The average molecular weight is 179 g/mol. The SMILES string of the molecule is COC(=O)c1cnn(C)c1CC#N. The van der Waals surface area contributed by atoms with E-state index in [2.05, 4.69) is 9.84 Å². The highest BCUT2D eigenvalue weighted by Gasteiger charge is 2.15. The Bertz CT molecular complexity index is 362. The van der Waals surface area contributed by atoms with E-state index in [-0.39, 0.29) is 6.42 Å². The maximum absolute atomic E-state index is 11.1. The van der Waals surface area contributed by atoms with Gasteiger partial charge in [-0.2, -0.15) is 10.4 Å². The molecule has 0 aliphatic carbocycles. The first-order valence-electron chi connectivity index (χ1n) is 3.66. The molecule has 0 atom stereocenters. The smallest absolute Gasteiger partial charge is 0.341 e. The van der Waals surface area contributed by atoms with E-state index in [0.29, 0.717) is 11.3 Å². The Labute approximate surface area is 75.5 Å². The number of hydrogen-bond acceptors (Lipinski definition) is 4. The molecule has 1 aromatic heterocycles. The van der Waals surface area contributed by atoms with E-state index in [9.17, 15) is 4.79 Å². The molecule has 0 spiro atoms. The number of aryl methyl sites for hydroxylation is 1. The largest absolute Gasteiger partial charge is 0.465 e. The van der Waals surface area contributed by atoms with Gasteiger partial charge in [0.15, 0.2) is 0 Å². The molecule has 68 valence electrons. The van der Waals surface area contributed by atoms with Gasteiger partial charge in [-0.25, -0.2) is 4.79 Å². The lowest BCUT2D eigenvalue weighted by molar-refractivity contribution is 0.0599. The van der Waals surface area contributed by atoms with Crippen molar-refractivity contribution < 1.29 is 9.53 Å². The van der Waals surface area contributed by atoms with Gasteiger partial charge in [0.05, 0.1) is 31.5 Å². The summed E-state index contributed by atoms with van der Waals surface area (Å²) in [5, 5.41) is 12.4. The molecular formula is C8H9N3O2. The van der Waals surface area contributed by atoms with Crippen molar-refractivity contribution in [3.63, 3.8) is 0 Å². The van der Waals surface area contributed by atoms with Crippen LogP contribution in [0.1, 0.15) is 16.1 Å². The minimum Gasteiger partial charge on any atom is -0.465 e. The molecule has 0 aliphatic rings. The van der Waals surface area contributed by atoms with Crippen LogP contribution in [0.25, 0.3) is 0 Å². The Morgan fingerprint density at radius 2 is 2.54 bits per heavy atom. The Hall–Kier alpha value is -1.83. The lowest BCUT2D eigenvalue weighted by Gasteiger charge is -1.99. The van der Waals surface area contributed by atoms with E-state index in [0.717, 1.165) is 0 Å². The van der Waals surface area contributed by atoms with Gasteiger partial charge in [0.1, 0.15) is 5.56 Å². The van der Waals surface area contributed by atoms with E-state index >= 15 is 0 Å². The summed E-state index contributed by atoms with van der Waals surface area (Å²) < 4.78 is 6.03. The van der Waals surface area contributed by atoms with Gasteiger partial charge in [-0.1, -0.05) is 0 Å². The van der Waals surface area contributed by atoms with E-state index in [4.69, 9.17) is 5.26 Å². The summed E-state index contributed by atoms with van der Waals surface area (Å²) >= 11 is 0. The van der Waals surface area contributed by atoms with Crippen molar-refractivity contribution in [1.82, 2.24) is 9.78 Å². The fourth-order valence-electron chi connectivity index (χ4n) is 1.03. The topological polar surface area (TPSA) is 67.9 Å². The number of nitrogens with zero attached hydrogens (tertiary/aromatic N) is 3. The number of esters is 1. The summed E-state index contributed by atoms with van der Waals surface area (Å²) in [4.78, 5) is 11.1. The molecular weight excluding hydrogens is 170 g/mol. The number of rotatable bonds is 2. The van der Waals surface area contributed by atoms with Crippen LogP contribution in [-0.2, 0) is 18.2 Å². The quantitative estimate of drug-likeness (QED) is 0.611. The van der Waals surface area contributed by atoms with Gasteiger partial charge in [-0.15, -0.1) is 0 Å². The number of ether oxygens (including phenoxy) is 1. The van der Waals surface area contributed by atoms with Crippen LogP contribution in [0.4, 0.5) is 0 Å². The summed E-state index contributed by atoms with van der Waals surface area (Å²) in [5.74, 6) is -0.460. The molecule has 0 fully saturated rings. The number of hydrogen-bond donors (Lipinski definition) is 0. The Morgan fingerprint density at radius 3 is 3.08 bits per heavy atom. The van der Waals surface area contributed by atoms with Crippen molar-refractivity contribution in [3.8, 4) is 6.07 Å². The lowest BCUT2D eigenvalue weighted by Crippen LogP contribution is -2.06. The first-order chi connectivity index (χ1) is 6.20. The molecule has 0 unspecified atom stereocenters. The van der Waals surface area contributed by atoms with Crippen molar-refractivity contribution in [2.45, 2.75) is 6.42 Å². The van der Waals surface area contributed by atoms with Crippen LogP contribution in [0.5, 0.6) is 0 Å². The fourth-order valence-corrected chi connectivity index (χ4v) is 1.03. The summed E-state index contributed by atoms with van der Waals surface area (Å²) in [6.45, 7) is 0. The molecule has 0 bridgehead atoms. The predicted octanol–water partition coefficient (Wildman–Crippen LogP) is 0.273. The third kappa shape index (κ3) is 1.67. The van der Waals surface area contributed by atoms with Crippen LogP contribution in [0.2, 0.25) is 0 Å². The molecule has 5 heteroatoms. The zero-order chi connectivity index (χ0) is 9.84. The van der Waals surface area contributed by atoms with Crippen LogP contribution in [0.15, 0.2) is 6.20 Å². The highest BCUT2D eigenvalue weighted by molar-refractivity contribution is 5.90. The molecule has 1 aromatic rings. The van der Waals surface area contributed by atoms with Gasteiger partial charge in [0.2, 0.25) is 0 Å². The number of aromatic nitrogens is 2. The van der Waals surface area contributed by atoms with Gasteiger partial charge in [0, 0.05) is 7.05 Å². The van der Waals surface area contributed by atoms with Crippen molar-refractivity contribution in [2.24, 2.45) is 7.05 Å². The maximum atomic E-state index is 11.1. The molecule has 13 heavy (non-hydrogen) atoms. The van der Waals surface area contributed by atoms with Crippen LogP contribution in [-0.4, -0.2) is 22.9 Å². The first-order valence-corrected chi connectivity index (χ1v) is 3.66. The van der Waals surface area contributed by atoms with E-state index in [1.165, 1.54) is 18.0 Å². The van der Waals surface area contributed by atoms with Crippen molar-refractivity contribution >= 4 is 5.97 Å². The van der Waals surface area contributed by atoms with Crippen molar-refractivity contribution in [2.75, 3.05) is 7.11 Å². The van der Waals surface area contributed by atoms with Gasteiger partial charge in [-0.3, -0.25) is 4.68 Å². The van der Waals surface area contributed by atoms with Crippen LogP contribution >= 0.6 is 0 Å². The summed E-state index contributed by atoms with van der Waals surface area (Å²) in [7, 11) is 2.98. The Kier molecular flexibility index (Phi) is 2.65. The Morgan fingerprint density at radius 1 is 1.85 bits per heavy atom. The second-order valence-electron chi connectivity index (χ2n) is 2.46. The van der Waals surface area contributed by atoms with Gasteiger partial charge >= 0.3 is 5.97 Å². The molecule has 0 saturated heterocycles. The van der Waals surface area contributed by atoms with Crippen LogP contribution in [0.3, 0.4) is 0 Å². The van der Waals surface area contributed by atoms with E-state index < -0.39 is 5.97 Å². The Balaban J connectivity index is 3.08. The van der Waals surface area contributed by atoms with Crippen LogP contribution < -0.4 is 0 Å². The summed E-state index contributed by atoms with van der Waals surface area (Å²) in [6.07, 6.45) is 1.56. The van der Waals surface area contributed by atoms with E-state index in [1.54, 1.807) is 7.05 Å². The molecule has 0 aliphatic heterocycles. The lowest BCUT2D eigenvalue weighted by atomic mass is 10.2. The number of nitriles is 1. The molecule has 5 nitrogen and oxygen atoms in total. The van der Waals surface area contributed by atoms with Crippen molar-refractivity contribution in [3.05, 3.63) is 17.5 Å². The van der Waals surface area contributed by atoms with Crippen molar-refractivity contribution in [1.29, 1.82) is 5.26 Å². The third-order valence-electron chi connectivity index (χ3n) is 1.71. The standard InChI is InChI=1S/C8H9N3O2/c1-11-7(3-4-9)6(5-10-11)8(12)13-2/h5H,3H2,1-2H3. The third-order valence-corrected chi connectivity index (χ3v) is 1.71. The normalized spacial score (nSPS) is 9.31. The van der Waals surface area contributed by atoms with Gasteiger partial charge in [0.25, 0.3) is 0 Å². The van der Waals surface area contributed by atoms with E-state index in [1.807, 2.05) is 6.07 Å². The number of carbonyl (C=O) groups is 1. The van der Waals surface area contributed by atoms with Gasteiger partial charge < -0.3 is 4.74 Å². The second-order valence-corrected chi connectivity index (χ2v) is 2.46. The van der Waals surface area contributed by atoms with Crippen LogP contribution in [0, 0.1) is 11.3 Å². The molecule has 0 radical (unpaired) electrons. The summed E-state index contributed by atoms with van der Waals surface area (Å²) in [5.41, 5.74) is 0.931. The fraction of sp³-hybridized carbons (Fsp3) is 0.375. The highest BCUT2D eigenvalue weighted by atomic mass is 16.5. The zero-order valence-corrected chi connectivity index (χ0v) is 7.44. The molecule has 0 saturated carbocycles. The monoisotopic (exact) mass is 179 g/mol. The molecule has 1 rings (SSSR count).